The number of carboxylic acid groups (broad SMARTS) is 1. The van der Waals surface area contributed by atoms with Crippen LogP contribution in [0.5, 0.6) is 0 Å². The summed E-state index contributed by atoms with van der Waals surface area (Å²) in [6, 6.07) is 25.6. The molecule has 1 fully saturated rings. The number of benzene rings is 3. The van der Waals surface area contributed by atoms with Gasteiger partial charge in [0.15, 0.2) is 0 Å². The summed E-state index contributed by atoms with van der Waals surface area (Å²) in [5.74, 6) is -1.35. The zero-order valence-corrected chi connectivity index (χ0v) is 16.2. The minimum atomic E-state index is -1.30. The van der Waals surface area contributed by atoms with Crippen LogP contribution in [0.25, 0.3) is 11.1 Å². The molecule has 150 valence electrons. The Bertz CT molecular complexity index is 1080. The monoisotopic (exact) mass is 399 g/mol. The number of carbonyl (C=O) groups excluding carboxylic acids is 1. The van der Waals surface area contributed by atoms with Gasteiger partial charge in [0.05, 0.1) is 0 Å². The molecular weight excluding hydrogens is 378 g/mol. The number of ether oxygens (including phenoxy) is 1. The van der Waals surface area contributed by atoms with Crippen LogP contribution < -0.4 is 5.32 Å². The van der Waals surface area contributed by atoms with Crippen molar-refractivity contribution >= 4 is 12.1 Å². The smallest absolute Gasteiger partial charge is 0.408 e. The summed E-state index contributed by atoms with van der Waals surface area (Å²) < 4.78 is 5.54. The first kappa shape index (κ1) is 18.4. The van der Waals surface area contributed by atoms with Crippen LogP contribution in [0.2, 0.25) is 0 Å². The first-order valence-electron chi connectivity index (χ1n) is 10.0. The maximum Gasteiger partial charge on any atom is 0.408 e. The number of amides is 1. The molecule has 2 aliphatic rings. The molecule has 2 aliphatic carbocycles. The van der Waals surface area contributed by atoms with Crippen LogP contribution in [0.3, 0.4) is 0 Å². The first-order chi connectivity index (χ1) is 14.6. The van der Waals surface area contributed by atoms with Crippen LogP contribution >= 0.6 is 0 Å². The Morgan fingerprint density at radius 3 is 2.07 bits per heavy atom. The Morgan fingerprint density at radius 1 is 0.900 bits per heavy atom. The van der Waals surface area contributed by atoms with Gasteiger partial charge in [0, 0.05) is 11.8 Å². The van der Waals surface area contributed by atoms with Crippen molar-refractivity contribution in [1.29, 1.82) is 0 Å². The normalized spacial score (nSPS) is 21.4. The maximum absolute atomic E-state index is 12.6. The number of nitrogens with one attached hydrogen (secondary N) is 1. The van der Waals surface area contributed by atoms with Crippen LogP contribution in [0.15, 0.2) is 78.9 Å². The summed E-state index contributed by atoms with van der Waals surface area (Å²) in [6.45, 7) is 0.158. The second-order valence-corrected chi connectivity index (χ2v) is 7.89. The van der Waals surface area contributed by atoms with Crippen LogP contribution in [-0.4, -0.2) is 29.3 Å². The summed E-state index contributed by atoms with van der Waals surface area (Å²) in [5, 5.41) is 12.4. The summed E-state index contributed by atoms with van der Waals surface area (Å²) in [6.07, 6.45) is -0.339. The van der Waals surface area contributed by atoms with Gasteiger partial charge < -0.3 is 15.2 Å². The third-order valence-electron chi connectivity index (χ3n) is 6.21. The Balaban J connectivity index is 1.31. The summed E-state index contributed by atoms with van der Waals surface area (Å²) in [4.78, 5) is 24.5. The van der Waals surface area contributed by atoms with Gasteiger partial charge in [-0.2, -0.15) is 0 Å². The standard InChI is InChI=1S/C25H21NO4/c27-23(28)25(14-22(25)16-8-2-1-3-9-16)26-24(29)30-15-21-19-12-6-4-10-17(19)18-11-5-7-13-20(18)21/h1-13,21-22H,14-15H2,(H,26,29)(H,27,28)/t22-,25+/m1/s1. The van der Waals surface area contributed by atoms with E-state index >= 15 is 0 Å². The number of carboxylic acids is 1. The van der Waals surface area contributed by atoms with Gasteiger partial charge >= 0.3 is 12.1 Å². The quantitative estimate of drug-likeness (QED) is 0.661. The third-order valence-corrected chi connectivity index (χ3v) is 6.21. The lowest BCUT2D eigenvalue weighted by molar-refractivity contribution is -0.140. The van der Waals surface area contributed by atoms with E-state index in [4.69, 9.17) is 4.74 Å². The number of carbonyl (C=O) groups is 2. The molecule has 2 N–H and O–H groups in total. The molecule has 5 rings (SSSR count). The van der Waals surface area contributed by atoms with Crippen molar-refractivity contribution in [2.45, 2.75) is 23.8 Å². The lowest BCUT2D eigenvalue weighted by Crippen LogP contribution is -2.45. The van der Waals surface area contributed by atoms with E-state index in [1.54, 1.807) is 0 Å². The largest absolute Gasteiger partial charge is 0.479 e. The van der Waals surface area contributed by atoms with Gasteiger partial charge in [-0.15, -0.1) is 0 Å². The van der Waals surface area contributed by atoms with E-state index in [0.29, 0.717) is 6.42 Å². The second kappa shape index (κ2) is 7.02. The maximum atomic E-state index is 12.6. The molecule has 0 spiro atoms. The average molecular weight is 399 g/mol. The number of aliphatic carboxylic acids is 1. The van der Waals surface area contributed by atoms with Gasteiger partial charge in [-0.05, 0) is 34.2 Å². The molecule has 0 unspecified atom stereocenters. The second-order valence-electron chi connectivity index (χ2n) is 7.89. The highest BCUT2D eigenvalue weighted by atomic mass is 16.5. The SMILES string of the molecule is O=C(N[C@@]1(C(=O)O)C[C@@H]1c1ccccc1)OCC1c2ccccc2-c2ccccc21. The van der Waals surface area contributed by atoms with E-state index < -0.39 is 17.6 Å². The predicted octanol–water partition coefficient (Wildman–Crippen LogP) is 4.54. The minimum absolute atomic E-state index is 0.0620. The summed E-state index contributed by atoms with van der Waals surface area (Å²) in [5.41, 5.74) is 4.13. The summed E-state index contributed by atoms with van der Waals surface area (Å²) in [7, 11) is 0. The Labute approximate surface area is 174 Å². The molecule has 0 aromatic heterocycles. The van der Waals surface area contributed by atoms with Crippen molar-refractivity contribution < 1.29 is 19.4 Å². The fourth-order valence-corrected chi connectivity index (χ4v) is 4.60. The van der Waals surface area contributed by atoms with E-state index in [1.165, 1.54) is 0 Å². The van der Waals surface area contributed by atoms with Gasteiger partial charge in [0.2, 0.25) is 0 Å². The van der Waals surface area contributed by atoms with Crippen molar-refractivity contribution in [1.82, 2.24) is 5.32 Å². The fraction of sp³-hybridized carbons (Fsp3) is 0.200. The van der Waals surface area contributed by atoms with E-state index in [-0.39, 0.29) is 18.4 Å². The Kier molecular flexibility index (Phi) is 4.31. The molecule has 0 radical (unpaired) electrons. The van der Waals surface area contributed by atoms with E-state index in [0.717, 1.165) is 27.8 Å². The van der Waals surface area contributed by atoms with Gasteiger partial charge in [-0.1, -0.05) is 78.9 Å². The highest BCUT2D eigenvalue weighted by Crippen LogP contribution is 2.51. The molecule has 0 aliphatic heterocycles. The summed E-state index contributed by atoms with van der Waals surface area (Å²) >= 11 is 0. The van der Waals surface area contributed by atoms with E-state index in [1.807, 2.05) is 66.7 Å². The van der Waals surface area contributed by atoms with Crippen molar-refractivity contribution in [3.8, 4) is 11.1 Å². The number of hydrogen-bond donors (Lipinski definition) is 2. The molecule has 30 heavy (non-hydrogen) atoms. The molecule has 0 heterocycles. The third kappa shape index (κ3) is 2.94. The zero-order chi connectivity index (χ0) is 20.7. The zero-order valence-electron chi connectivity index (χ0n) is 16.2. The highest BCUT2D eigenvalue weighted by Gasteiger charge is 2.62. The first-order valence-corrected chi connectivity index (χ1v) is 10.0. The minimum Gasteiger partial charge on any atom is -0.479 e. The predicted molar refractivity (Wildman–Crippen MR) is 112 cm³/mol. The molecule has 3 aromatic rings. The van der Waals surface area contributed by atoms with E-state index in [9.17, 15) is 14.7 Å². The van der Waals surface area contributed by atoms with Crippen LogP contribution in [0, 0.1) is 0 Å². The average Bonchev–Trinajstić information content (AvgIpc) is 3.42. The molecule has 0 saturated heterocycles. The van der Waals surface area contributed by atoms with Gasteiger partial charge in [0.25, 0.3) is 0 Å². The molecule has 3 aromatic carbocycles. The van der Waals surface area contributed by atoms with Crippen LogP contribution in [0.1, 0.15) is 34.9 Å². The number of hydrogen-bond acceptors (Lipinski definition) is 3. The van der Waals surface area contributed by atoms with Crippen LogP contribution in [-0.2, 0) is 9.53 Å². The molecule has 2 atom stereocenters. The van der Waals surface area contributed by atoms with E-state index in [2.05, 4.69) is 17.4 Å². The van der Waals surface area contributed by atoms with Gasteiger partial charge in [0.1, 0.15) is 12.1 Å². The van der Waals surface area contributed by atoms with Crippen LogP contribution in [0.4, 0.5) is 4.79 Å². The molecule has 0 bridgehead atoms. The van der Waals surface area contributed by atoms with Crippen molar-refractivity contribution in [3.63, 3.8) is 0 Å². The number of fused-ring (bicyclic) bond motifs is 3. The highest BCUT2D eigenvalue weighted by molar-refractivity contribution is 5.90. The van der Waals surface area contributed by atoms with Gasteiger partial charge in [-0.25, -0.2) is 9.59 Å². The molecule has 5 nitrogen and oxygen atoms in total. The number of rotatable bonds is 5. The molecule has 5 heteroatoms. The van der Waals surface area contributed by atoms with Crippen molar-refractivity contribution in [3.05, 3.63) is 95.6 Å². The molecule has 1 saturated carbocycles. The molecular formula is C25H21NO4. The molecule has 1 amide bonds. The Morgan fingerprint density at radius 2 is 1.47 bits per heavy atom. The number of alkyl carbamates (subject to hydrolysis) is 1. The Hall–Kier alpha value is -3.60. The van der Waals surface area contributed by atoms with Gasteiger partial charge in [-0.3, -0.25) is 0 Å². The van der Waals surface area contributed by atoms with Crippen molar-refractivity contribution in [2.24, 2.45) is 0 Å². The fourth-order valence-electron chi connectivity index (χ4n) is 4.60. The lowest BCUT2D eigenvalue weighted by Gasteiger charge is -2.18. The topological polar surface area (TPSA) is 75.6 Å². The van der Waals surface area contributed by atoms with Crippen molar-refractivity contribution in [2.75, 3.05) is 6.61 Å². The lowest BCUT2D eigenvalue weighted by atomic mass is 9.98.